The van der Waals surface area contributed by atoms with E-state index in [-0.39, 0.29) is 16.3 Å². The monoisotopic (exact) mass is 321 g/mol. The molecule has 0 aliphatic heterocycles. The van der Waals surface area contributed by atoms with Crippen molar-refractivity contribution in [3.63, 3.8) is 0 Å². The van der Waals surface area contributed by atoms with Crippen molar-refractivity contribution in [1.29, 1.82) is 0 Å². The van der Waals surface area contributed by atoms with Crippen molar-refractivity contribution in [1.82, 2.24) is 0 Å². The molecule has 0 aliphatic carbocycles. The van der Waals surface area contributed by atoms with Gasteiger partial charge in [0.1, 0.15) is 0 Å². The molecule has 0 fully saturated rings. The average molecular weight is 322 g/mol. The maximum atomic E-state index is 11.9. The van der Waals surface area contributed by atoms with Gasteiger partial charge in [-0.05, 0) is 25.1 Å². The molecule has 1 unspecified atom stereocenters. The molecular weight excluding hydrogens is 310 g/mol. The van der Waals surface area contributed by atoms with Gasteiger partial charge in [-0.25, -0.2) is 13.2 Å². The maximum Gasteiger partial charge on any atom is 0.335 e. The van der Waals surface area contributed by atoms with E-state index in [1.54, 1.807) is 0 Å². The van der Waals surface area contributed by atoms with E-state index in [1.165, 1.54) is 12.1 Å². The third-order valence-corrected chi connectivity index (χ3v) is 4.41. The molecule has 0 amide bonds. The number of nitrogens with one attached hydrogen (secondary N) is 1. The first-order valence-electron chi connectivity index (χ1n) is 5.31. The normalized spacial score (nSPS) is 12.6. The van der Waals surface area contributed by atoms with Crippen molar-refractivity contribution >= 4 is 39.3 Å². The number of aromatic carboxylic acids is 1. The zero-order chi connectivity index (χ0) is 15.5. The highest BCUT2D eigenvalue weighted by Crippen LogP contribution is 2.25. The number of ether oxygens (including phenoxy) is 1. The quantitative estimate of drug-likeness (QED) is 0.792. The van der Waals surface area contributed by atoms with E-state index in [0.29, 0.717) is 0 Å². The number of hydrogen-bond acceptors (Lipinski definition) is 5. The summed E-state index contributed by atoms with van der Waals surface area (Å²) in [6.07, 6.45) is 0. The summed E-state index contributed by atoms with van der Waals surface area (Å²) in [4.78, 5) is 22.0. The summed E-state index contributed by atoms with van der Waals surface area (Å²) >= 11 is 5.79. The number of carboxylic acid groups (broad SMARTS) is 1. The number of benzene rings is 1. The first-order chi connectivity index (χ1) is 9.19. The predicted octanol–water partition coefficient (Wildman–Crippen LogP) is 1.34. The first-order valence-corrected chi connectivity index (χ1v) is 7.23. The van der Waals surface area contributed by atoms with E-state index in [4.69, 9.17) is 16.7 Å². The third-order valence-electron chi connectivity index (χ3n) is 2.47. The largest absolute Gasteiger partial charge is 0.478 e. The van der Waals surface area contributed by atoms with Crippen molar-refractivity contribution in [2.45, 2.75) is 12.2 Å². The Kier molecular flexibility index (Phi) is 4.96. The SMILES string of the molecule is COC(=O)C(C)S(=O)(=O)Nc1ccc(C(=O)O)cc1Cl. The van der Waals surface area contributed by atoms with Crippen molar-refractivity contribution in [2.75, 3.05) is 11.8 Å². The lowest BCUT2D eigenvalue weighted by Gasteiger charge is -2.14. The molecule has 0 saturated heterocycles. The Morgan fingerprint density at radius 3 is 2.45 bits per heavy atom. The molecular formula is C11H12ClNO6S. The van der Waals surface area contributed by atoms with Crippen molar-refractivity contribution < 1.29 is 27.9 Å². The second kappa shape index (κ2) is 6.10. The lowest BCUT2D eigenvalue weighted by molar-refractivity contribution is -0.139. The van der Waals surface area contributed by atoms with Crippen molar-refractivity contribution in [3.8, 4) is 0 Å². The number of sulfonamides is 1. The Balaban J connectivity index is 3.04. The molecule has 9 heteroatoms. The van der Waals surface area contributed by atoms with Gasteiger partial charge in [-0.1, -0.05) is 11.6 Å². The van der Waals surface area contributed by atoms with Gasteiger partial charge in [0.05, 0.1) is 23.4 Å². The molecule has 0 heterocycles. The van der Waals surface area contributed by atoms with Crippen LogP contribution in [0.2, 0.25) is 5.02 Å². The van der Waals surface area contributed by atoms with Gasteiger partial charge in [-0.2, -0.15) is 0 Å². The highest BCUT2D eigenvalue weighted by atomic mass is 35.5. The minimum Gasteiger partial charge on any atom is -0.478 e. The number of carbonyl (C=O) groups is 2. The van der Waals surface area contributed by atoms with Crippen LogP contribution < -0.4 is 4.72 Å². The molecule has 2 N–H and O–H groups in total. The van der Waals surface area contributed by atoms with Crippen LogP contribution in [0.5, 0.6) is 0 Å². The van der Waals surface area contributed by atoms with Crippen LogP contribution >= 0.6 is 11.6 Å². The first kappa shape index (κ1) is 16.3. The van der Waals surface area contributed by atoms with Crippen LogP contribution in [0.1, 0.15) is 17.3 Å². The minimum absolute atomic E-state index is 0.0209. The Hall–Kier alpha value is -1.80. The summed E-state index contributed by atoms with van der Waals surface area (Å²) in [5, 5.41) is 7.25. The predicted molar refractivity (Wildman–Crippen MR) is 72.4 cm³/mol. The molecule has 7 nitrogen and oxygen atoms in total. The van der Waals surface area contributed by atoms with E-state index < -0.39 is 27.2 Å². The summed E-state index contributed by atoms with van der Waals surface area (Å²) in [7, 11) is -2.96. The van der Waals surface area contributed by atoms with Crippen LogP contribution in [-0.4, -0.2) is 37.8 Å². The number of esters is 1. The Labute approximate surface area is 120 Å². The summed E-state index contributed by atoms with van der Waals surface area (Å²) in [6, 6.07) is 3.49. The number of anilines is 1. The smallest absolute Gasteiger partial charge is 0.335 e. The topological polar surface area (TPSA) is 110 Å². The standard InChI is InChI=1S/C11H12ClNO6S/c1-6(11(16)19-2)20(17,18)13-9-4-3-7(10(14)15)5-8(9)12/h3-6,13H,1-2H3,(H,14,15). The summed E-state index contributed by atoms with van der Waals surface area (Å²) in [6.45, 7) is 1.16. The summed E-state index contributed by atoms with van der Waals surface area (Å²) in [5.74, 6) is -2.11. The molecule has 0 saturated carbocycles. The fraction of sp³-hybridized carbons (Fsp3) is 0.273. The summed E-state index contributed by atoms with van der Waals surface area (Å²) in [5.41, 5.74) is -0.105. The molecule has 0 aliphatic rings. The van der Waals surface area contributed by atoms with Gasteiger partial charge in [0.2, 0.25) is 10.0 Å². The molecule has 1 rings (SSSR count). The Morgan fingerprint density at radius 2 is 2.00 bits per heavy atom. The maximum absolute atomic E-state index is 11.9. The molecule has 0 spiro atoms. The van der Waals surface area contributed by atoms with Crippen LogP contribution in [-0.2, 0) is 19.6 Å². The highest BCUT2D eigenvalue weighted by Gasteiger charge is 2.29. The van der Waals surface area contributed by atoms with Gasteiger partial charge in [0.25, 0.3) is 0 Å². The average Bonchev–Trinajstić information content (AvgIpc) is 2.38. The molecule has 110 valence electrons. The minimum atomic E-state index is -4.04. The van der Waals surface area contributed by atoms with Crippen LogP contribution in [0.25, 0.3) is 0 Å². The second-order valence-electron chi connectivity index (χ2n) is 3.81. The molecule has 1 atom stereocenters. The van der Waals surface area contributed by atoms with Gasteiger partial charge in [-0.3, -0.25) is 9.52 Å². The third kappa shape index (κ3) is 3.61. The summed E-state index contributed by atoms with van der Waals surface area (Å²) < 4.78 is 30.2. The van der Waals surface area contributed by atoms with Crippen molar-refractivity contribution in [2.24, 2.45) is 0 Å². The van der Waals surface area contributed by atoms with E-state index in [1.807, 2.05) is 0 Å². The van der Waals surface area contributed by atoms with E-state index >= 15 is 0 Å². The van der Waals surface area contributed by atoms with Gasteiger partial charge in [-0.15, -0.1) is 0 Å². The fourth-order valence-corrected chi connectivity index (χ4v) is 2.56. The van der Waals surface area contributed by atoms with Gasteiger partial charge < -0.3 is 9.84 Å². The van der Waals surface area contributed by atoms with Gasteiger partial charge in [0, 0.05) is 0 Å². The molecule has 1 aromatic carbocycles. The van der Waals surface area contributed by atoms with E-state index in [9.17, 15) is 18.0 Å². The number of carboxylic acids is 1. The zero-order valence-electron chi connectivity index (χ0n) is 10.6. The number of carbonyl (C=O) groups excluding carboxylic acids is 1. The molecule has 20 heavy (non-hydrogen) atoms. The highest BCUT2D eigenvalue weighted by molar-refractivity contribution is 7.94. The van der Waals surface area contributed by atoms with Gasteiger partial charge in [0.15, 0.2) is 5.25 Å². The van der Waals surface area contributed by atoms with Crippen LogP contribution in [0.3, 0.4) is 0 Å². The lowest BCUT2D eigenvalue weighted by atomic mass is 10.2. The molecule has 0 bridgehead atoms. The Bertz CT molecular complexity index is 642. The Morgan fingerprint density at radius 1 is 1.40 bits per heavy atom. The van der Waals surface area contributed by atoms with E-state index in [2.05, 4.69) is 9.46 Å². The fourth-order valence-electron chi connectivity index (χ4n) is 1.27. The van der Waals surface area contributed by atoms with Gasteiger partial charge >= 0.3 is 11.9 Å². The number of hydrogen-bond donors (Lipinski definition) is 2. The second-order valence-corrected chi connectivity index (χ2v) is 6.22. The van der Waals surface area contributed by atoms with Crippen LogP contribution in [0, 0.1) is 0 Å². The number of methoxy groups -OCH3 is 1. The number of rotatable bonds is 5. The van der Waals surface area contributed by atoms with Crippen LogP contribution in [0.15, 0.2) is 18.2 Å². The molecule has 0 radical (unpaired) electrons. The number of halogens is 1. The van der Waals surface area contributed by atoms with Crippen LogP contribution in [0.4, 0.5) is 5.69 Å². The molecule has 0 aromatic heterocycles. The molecule has 1 aromatic rings. The zero-order valence-corrected chi connectivity index (χ0v) is 12.2. The van der Waals surface area contributed by atoms with E-state index in [0.717, 1.165) is 20.1 Å². The van der Waals surface area contributed by atoms with Crippen molar-refractivity contribution in [3.05, 3.63) is 28.8 Å². The lowest BCUT2D eigenvalue weighted by Crippen LogP contribution is -2.33.